The molecule has 0 heterocycles. The molecule has 0 saturated carbocycles. The fraction of sp³-hybridized carbons (Fsp3) is 0.538. The van der Waals surface area contributed by atoms with Crippen molar-refractivity contribution >= 4 is 0 Å². The highest BCUT2D eigenvalue weighted by Crippen LogP contribution is 2.30. The number of rotatable bonds is 5. The third-order valence-electron chi connectivity index (χ3n) is 2.72. The second kappa shape index (κ2) is 6.07. The van der Waals surface area contributed by atoms with Gasteiger partial charge in [-0.2, -0.15) is 0 Å². The third-order valence-corrected chi connectivity index (χ3v) is 2.72. The molecule has 0 amide bonds. The fourth-order valence-electron chi connectivity index (χ4n) is 1.76. The van der Waals surface area contributed by atoms with Crippen LogP contribution < -0.4 is 4.74 Å². The molecule has 0 radical (unpaired) electrons. The van der Waals surface area contributed by atoms with Gasteiger partial charge in [-0.05, 0) is 36.1 Å². The summed E-state index contributed by atoms with van der Waals surface area (Å²) in [5.74, 6) is -0.989. The highest BCUT2D eigenvalue weighted by Gasteiger charge is 2.31. The molecule has 0 aliphatic heterocycles. The first-order valence-electron chi connectivity index (χ1n) is 5.88. The Morgan fingerprint density at radius 2 is 1.94 bits per heavy atom. The predicted octanol–water partition coefficient (Wildman–Crippen LogP) is 5.02. The van der Waals surface area contributed by atoms with Gasteiger partial charge in [0, 0.05) is 0 Å². The van der Waals surface area contributed by atoms with E-state index in [-0.39, 0.29) is 17.2 Å². The first kappa shape index (κ1) is 14.8. The molecule has 102 valence electrons. The molecule has 18 heavy (non-hydrogen) atoms. The maximum Gasteiger partial charge on any atom is 0.573 e. The Bertz CT molecular complexity index is 387. The summed E-state index contributed by atoms with van der Waals surface area (Å²) in [5, 5.41) is 0. The average Bonchev–Trinajstić information content (AvgIpc) is 2.26. The number of hydrogen-bond donors (Lipinski definition) is 0. The van der Waals surface area contributed by atoms with Crippen molar-refractivity contribution in [2.45, 2.75) is 45.4 Å². The van der Waals surface area contributed by atoms with Crippen LogP contribution in [0.2, 0.25) is 0 Å². The Balaban J connectivity index is 2.87. The largest absolute Gasteiger partial charge is 0.573 e. The van der Waals surface area contributed by atoms with Crippen molar-refractivity contribution in [3.8, 4) is 5.75 Å². The zero-order chi connectivity index (χ0) is 13.8. The number of benzene rings is 1. The summed E-state index contributed by atoms with van der Waals surface area (Å²) in [6, 6.07) is 3.13. The molecule has 1 unspecified atom stereocenters. The zero-order valence-electron chi connectivity index (χ0n) is 10.4. The molecule has 0 aromatic heterocycles. The lowest BCUT2D eigenvalue weighted by Crippen LogP contribution is -2.17. The van der Waals surface area contributed by atoms with Crippen LogP contribution in [0.5, 0.6) is 5.75 Å². The van der Waals surface area contributed by atoms with Gasteiger partial charge in [-0.3, -0.25) is 0 Å². The molecule has 0 aliphatic carbocycles. The van der Waals surface area contributed by atoms with E-state index in [0.717, 1.165) is 37.5 Å². The second-order valence-electron chi connectivity index (χ2n) is 4.27. The minimum atomic E-state index is -4.75. The fourth-order valence-corrected chi connectivity index (χ4v) is 1.76. The average molecular weight is 264 g/mol. The summed E-state index contributed by atoms with van der Waals surface area (Å²) in [7, 11) is 0. The molecule has 0 saturated heterocycles. The van der Waals surface area contributed by atoms with Gasteiger partial charge in [0.15, 0.2) is 0 Å². The maximum atomic E-state index is 13.5. The minimum absolute atomic E-state index is 0.123. The first-order chi connectivity index (χ1) is 8.33. The molecule has 1 aromatic carbocycles. The van der Waals surface area contributed by atoms with E-state index in [1.807, 2.05) is 6.92 Å². The molecule has 5 heteroatoms. The van der Waals surface area contributed by atoms with Gasteiger partial charge in [0.1, 0.15) is 11.6 Å². The molecule has 1 aromatic rings. The van der Waals surface area contributed by atoms with Crippen LogP contribution in [0, 0.1) is 5.82 Å². The van der Waals surface area contributed by atoms with Crippen LogP contribution in [0.4, 0.5) is 17.6 Å². The van der Waals surface area contributed by atoms with Crippen LogP contribution in [0.1, 0.15) is 44.6 Å². The van der Waals surface area contributed by atoms with Crippen molar-refractivity contribution in [3.63, 3.8) is 0 Å². The van der Waals surface area contributed by atoms with Crippen LogP contribution in [0.15, 0.2) is 18.2 Å². The van der Waals surface area contributed by atoms with Gasteiger partial charge in [0.05, 0.1) is 0 Å². The van der Waals surface area contributed by atoms with Crippen molar-refractivity contribution in [3.05, 3.63) is 29.6 Å². The van der Waals surface area contributed by atoms with E-state index in [9.17, 15) is 17.6 Å². The summed E-state index contributed by atoms with van der Waals surface area (Å²) >= 11 is 0. The van der Waals surface area contributed by atoms with Gasteiger partial charge in [-0.25, -0.2) is 4.39 Å². The molecule has 1 nitrogen and oxygen atoms in total. The number of alkyl halides is 3. The van der Waals surface area contributed by atoms with E-state index in [2.05, 4.69) is 4.74 Å². The van der Waals surface area contributed by atoms with Crippen molar-refractivity contribution in [2.24, 2.45) is 0 Å². The number of hydrogen-bond acceptors (Lipinski definition) is 1. The first-order valence-corrected chi connectivity index (χ1v) is 5.88. The summed E-state index contributed by atoms with van der Waals surface area (Å²) in [5.41, 5.74) is 0.269. The molecule has 0 fully saturated rings. The number of unbranched alkanes of at least 4 members (excludes halogenated alkanes) is 1. The van der Waals surface area contributed by atoms with Crippen molar-refractivity contribution in [1.82, 2.24) is 0 Å². The van der Waals surface area contributed by atoms with Gasteiger partial charge in [-0.15, -0.1) is 13.2 Å². The highest BCUT2D eigenvalue weighted by molar-refractivity contribution is 5.32. The number of ether oxygens (including phenoxy) is 1. The van der Waals surface area contributed by atoms with E-state index in [4.69, 9.17) is 0 Å². The van der Waals surface area contributed by atoms with Crippen molar-refractivity contribution in [2.75, 3.05) is 0 Å². The second-order valence-corrected chi connectivity index (χ2v) is 4.27. The molecule has 1 rings (SSSR count). The SMILES string of the molecule is CCCCC(C)c1cc(OC(F)(F)F)ccc1F. The van der Waals surface area contributed by atoms with Gasteiger partial charge in [-0.1, -0.05) is 26.7 Å². The summed E-state index contributed by atoms with van der Waals surface area (Å²) in [6.07, 6.45) is -2.14. The lowest BCUT2D eigenvalue weighted by Gasteiger charge is -2.15. The van der Waals surface area contributed by atoms with Crippen molar-refractivity contribution in [1.29, 1.82) is 0 Å². The van der Waals surface area contributed by atoms with Crippen molar-refractivity contribution < 1.29 is 22.3 Å². The standard InChI is InChI=1S/C13H16F4O/c1-3-4-5-9(2)11-8-10(6-7-12(11)14)18-13(15,16)17/h6-9H,3-5H2,1-2H3. The third kappa shape index (κ3) is 4.55. The number of halogens is 4. The quantitative estimate of drug-likeness (QED) is 0.678. The molecule has 1 atom stereocenters. The predicted molar refractivity (Wildman–Crippen MR) is 61.0 cm³/mol. The van der Waals surface area contributed by atoms with Gasteiger partial charge < -0.3 is 4.74 Å². The molecule has 0 spiro atoms. The van der Waals surface area contributed by atoms with Gasteiger partial charge in [0.25, 0.3) is 0 Å². The molecule has 0 bridgehead atoms. The Kier molecular flexibility index (Phi) is 4.99. The lowest BCUT2D eigenvalue weighted by atomic mass is 9.95. The molecule has 0 aliphatic rings. The lowest BCUT2D eigenvalue weighted by molar-refractivity contribution is -0.274. The Morgan fingerprint density at radius 1 is 1.28 bits per heavy atom. The van der Waals surface area contributed by atoms with E-state index in [0.29, 0.717) is 0 Å². The van der Waals surface area contributed by atoms with Crippen LogP contribution >= 0.6 is 0 Å². The Hall–Kier alpha value is -1.26. The summed E-state index contributed by atoms with van der Waals surface area (Å²) < 4.78 is 53.5. The Morgan fingerprint density at radius 3 is 2.50 bits per heavy atom. The van der Waals surface area contributed by atoms with E-state index in [1.54, 1.807) is 6.92 Å². The highest BCUT2D eigenvalue weighted by atomic mass is 19.4. The van der Waals surface area contributed by atoms with Gasteiger partial charge >= 0.3 is 6.36 Å². The molecular weight excluding hydrogens is 248 g/mol. The van der Waals surface area contributed by atoms with Crippen LogP contribution in [0.25, 0.3) is 0 Å². The molecule has 0 N–H and O–H groups in total. The van der Waals surface area contributed by atoms with Crippen LogP contribution in [-0.4, -0.2) is 6.36 Å². The smallest absolute Gasteiger partial charge is 0.406 e. The normalized spacial score (nSPS) is 13.4. The van der Waals surface area contributed by atoms with E-state index < -0.39 is 12.2 Å². The zero-order valence-corrected chi connectivity index (χ0v) is 10.4. The summed E-state index contributed by atoms with van der Waals surface area (Å²) in [6.45, 7) is 3.80. The topological polar surface area (TPSA) is 9.23 Å². The van der Waals surface area contributed by atoms with Gasteiger partial charge in [0.2, 0.25) is 0 Å². The van der Waals surface area contributed by atoms with Crippen LogP contribution in [-0.2, 0) is 0 Å². The summed E-state index contributed by atoms with van der Waals surface area (Å²) in [4.78, 5) is 0. The molecular formula is C13H16F4O. The minimum Gasteiger partial charge on any atom is -0.406 e. The Labute approximate surface area is 104 Å². The maximum absolute atomic E-state index is 13.5. The monoisotopic (exact) mass is 264 g/mol. The van der Waals surface area contributed by atoms with Crippen LogP contribution in [0.3, 0.4) is 0 Å². The van der Waals surface area contributed by atoms with E-state index >= 15 is 0 Å². The van der Waals surface area contributed by atoms with E-state index in [1.165, 1.54) is 0 Å².